The molecule has 1 heterocycles. The molecular formula is C17H16F2N4S. The molecule has 0 aliphatic carbocycles. The summed E-state index contributed by atoms with van der Waals surface area (Å²) in [6.07, 6.45) is 1.58. The van der Waals surface area contributed by atoms with E-state index in [1.165, 1.54) is 18.0 Å². The molecule has 0 fully saturated rings. The number of nitrogens with one attached hydrogen (secondary N) is 1. The third-order valence-corrected chi connectivity index (χ3v) is 4.44. The van der Waals surface area contributed by atoms with Crippen molar-refractivity contribution in [2.45, 2.75) is 19.6 Å². The van der Waals surface area contributed by atoms with Crippen molar-refractivity contribution in [1.82, 2.24) is 14.2 Å². The molecule has 0 saturated carbocycles. The van der Waals surface area contributed by atoms with Gasteiger partial charge in [0.25, 0.3) is 0 Å². The average molecular weight is 346 g/mol. The van der Waals surface area contributed by atoms with Gasteiger partial charge in [-0.1, -0.05) is 24.3 Å². The molecule has 0 amide bonds. The zero-order valence-electron chi connectivity index (χ0n) is 13.3. The van der Waals surface area contributed by atoms with Crippen molar-refractivity contribution in [1.29, 1.82) is 0 Å². The molecule has 0 radical (unpaired) electrons. The van der Waals surface area contributed by atoms with E-state index in [1.807, 2.05) is 32.0 Å². The maximum atomic E-state index is 13.2. The Kier molecular flexibility index (Phi) is 4.80. The Hall–Kier alpha value is -2.41. The number of halogens is 2. The van der Waals surface area contributed by atoms with E-state index in [2.05, 4.69) is 15.4 Å². The Morgan fingerprint density at radius 3 is 2.54 bits per heavy atom. The van der Waals surface area contributed by atoms with Crippen LogP contribution in [0.2, 0.25) is 0 Å². The Labute approximate surface area is 143 Å². The normalized spacial score (nSPS) is 10.8. The summed E-state index contributed by atoms with van der Waals surface area (Å²) < 4.78 is 27.7. The lowest BCUT2D eigenvalue weighted by Gasteiger charge is -2.09. The molecule has 0 spiro atoms. The van der Waals surface area contributed by atoms with Crippen LogP contribution < -0.4 is 5.32 Å². The second kappa shape index (κ2) is 7.00. The Bertz CT molecular complexity index is 843. The number of para-hydroxylation sites is 1. The van der Waals surface area contributed by atoms with Gasteiger partial charge in [-0.2, -0.15) is 9.07 Å². The van der Waals surface area contributed by atoms with Crippen molar-refractivity contribution in [3.05, 3.63) is 71.1 Å². The SMILES string of the molecule is Cc1cccc(C)c1Nc1ncn(SCc2ccc(F)c(F)c2)n1. The summed E-state index contributed by atoms with van der Waals surface area (Å²) in [5.74, 6) is -0.734. The van der Waals surface area contributed by atoms with Crippen LogP contribution in [0.15, 0.2) is 42.7 Å². The quantitative estimate of drug-likeness (QED) is 0.732. The van der Waals surface area contributed by atoms with Crippen LogP contribution in [-0.2, 0) is 5.75 Å². The molecule has 7 heteroatoms. The predicted molar refractivity (Wildman–Crippen MR) is 92.3 cm³/mol. The third kappa shape index (κ3) is 3.73. The highest BCUT2D eigenvalue weighted by Gasteiger charge is 2.07. The van der Waals surface area contributed by atoms with E-state index in [0.717, 1.165) is 22.9 Å². The van der Waals surface area contributed by atoms with Gasteiger partial charge in [0.2, 0.25) is 5.95 Å². The van der Waals surface area contributed by atoms with Gasteiger partial charge in [0.15, 0.2) is 11.6 Å². The van der Waals surface area contributed by atoms with E-state index >= 15 is 0 Å². The highest BCUT2D eigenvalue weighted by Crippen LogP contribution is 2.23. The van der Waals surface area contributed by atoms with Crippen LogP contribution in [0.5, 0.6) is 0 Å². The Balaban J connectivity index is 1.66. The minimum Gasteiger partial charge on any atom is -0.322 e. The number of benzene rings is 2. The van der Waals surface area contributed by atoms with Crippen LogP contribution >= 0.6 is 11.9 Å². The third-order valence-electron chi connectivity index (χ3n) is 3.54. The van der Waals surface area contributed by atoms with Gasteiger partial charge < -0.3 is 5.32 Å². The minimum absolute atomic E-state index is 0.462. The van der Waals surface area contributed by atoms with E-state index in [-0.39, 0.29) is 0 Å². The monoisotopic (exact) mass is 346 g/mol. The fourth-order valence-electron chi connectivity index (χ4n) is 2.26. The molecule has 0 saturated heterocycles. The van der Waals surface area contributed by atoms with Crippen molar-refractivity contribution in [2.75, 3.05) is 5.32 Å². The molecule has 0 aliphatic rings. The van der Waals surface area contributed by atoms with Crippen molar-refractivity contribution in [3.63, 3.8) is 0 Å². The lowest BCUT2D eigenvalue weighted by Crippen LogP contribution is -1.98. The molecule has 124 valence electrons. The zero-order valence-corrected chi connectivity index (χ0v) is 14.1. The maximum Gasteiger partial charge on any atom is 0.247 e. The van der Waals surface area contributed by atoms with Crippen LogP contribution in [0.1, 0.15) is 16.7 Å². The first-order chi connectivity index (χ1) is 11.5. The molecule has 0 aliphatic heterocycles. The molecule has 0 bridgehead atoms. The topological polar surface area (TPSA) is 42.7 Å². The van der Waals surface area contributed by atoms with E-state index in [0.29, 0.717) is 17.3 Å². The van der Waals surface area contributed by atoms with E-state index in [1.54, 1.807) is 16.5 Å². The number of rotatable bonds is 5. The number of aryl methyl sites for hydroxylation is 2. The summed E-state index contributed by atoms with van der Waals surface area (Å²) in [6.45, 7) is 4.04. The average Bonchev–Trinajstić information content (AvgIpc) is 3.00. The van der Waals surface area contributed by atoms with Crippen molar-refractivity contribution in [2.24, 2.45) is 0 Å². The smallest absolute Gasteiger partial charge is 0.247 e. The second-order valence-corrected chi connectivity index (χ2v) is 6.31. The molecule has 3 aromatic rings. The largest absolute Gasteiger partial charge is 0.322 e. The highest BCUT2D eigenvalue weighted by molar-refractivity contribution is 7.96. The molecule has 1 N–H and O–H groups in total. The summed E-state index contributed by atoms with van der Waals surface area (Å²) in [4.78, 5) is 4.22. The molecule has 1 aromatic heterocycles. The molecule has 3 rings (SSSR count). The van der Waals surface area contributed by atoms with Crippen LogP contribution in [0.25, 0.3) is 0 Å². The number of hydrogen-bond donors (Lipinski definition) is 1. The molecule has 2 aromatic carbocycles. The van der Waals surface area contributed by atoms with Gasteiger partial charge >= 0.3 is 0 Å². The first-order valence-corrected chi connectivity index (χ1v) is 8.29. The second-order valence-electron chi connectivity index (χ2n) is 5.38. The summed E-state index contributed by atoms with van der Waals surface area (Å²) in [6, 6.07) is 9.90. The fourth-order valence-corrected chi connectivity index (χ4v) is 2.97. The lowest BCUT2D eigenvalue weighted by atomic mass is 10.1. The maximum absolute atomic E-state index is 13.2. The standard InChI is InChI=1S/C17H16F2N4S/c1-11-4-3-5-12(2)16(11)21-17-20-10-23(22-17)24-9-13-6-7-14(18)15(19)8-13/h3-8,10H,9H2,1-2H3,(H,21,22). The van der Waals surface area contributed by atoms with E-state index in [9.17, 15) is 8.78 Å². The lowest BCUT2D eigenvalue weighted by molar-refractivity contribution is 0.507. The van der Waals surface area contributed by atoms with Crippen molar-refractivity contribution >= 4 is 23.6 Å². The summed E-state index contributed by atoms with van der Waals surface area (Å²) in [5, 5.41) is 7.54. The molecule has 4 nitrogen and oxygen atoms in total. The number of nitrogens with zero attached hydrogens (tertiary/aromatic N) is 3. The van der Waals surface area contributed by atoms with Gasteiger partial charge in [0.05, 0.1) is 0 Å². The Morgan fingerprint density at radius 2 is 1.83 bits per heavy atom. The molecule has 0 atom stereocenters. The number of aromatic nitrogens is 3. The zero-order chi connectivity index (χ0) is 17.1. The van der Waals surface area contributed by atoms with Crippen LogP contribution in [0.3, 0.4) is 0 Å². The summed E-state index contributed by atoms with van der Waals surface area (Å²) in [7, 11) is 0. The summed E-state index contributed by atoms with van der Waals surface area (Å²) >= 11 is 1.34. The van der Waals surface area contributed by atoms with E-state index in [4.69, 9.17) is 0 Å². The molecular weight excluding hydrogens is 330 g/mol. The van der Waals surface area contributed by atoms with Gasteiger partial charge in [-0.05, 0) is 54.6 Å². The first-order valence-electron chi connectivity index (χ1n) is 7.35. The molecule has 0 unspecified atom stereocenters. The van der Waals surface area contributed by atoms with Gasteiger partial charge in [0, 0.05) is 11.4 Å². The van der Waals surface area contributed by atoms with Crippen molar-refractivity contribution < 1.29 is 8.78 Å². The Morgan fingerprint density at radius 1 is 1.08 bits per heavy atom. The van der Waals surface area contributed by atoms with Crippen LogP contribution in [-0.4, -0.2) is 14.2 Å². The van der Waals surface area contributed by atoms with Gasteiger partial charge in [0.1, 0.15) is 6.33 Å². The van der Waals surface area contributed by atoms with Gasteiger partial charge in [-0.25, -0.2) is 8.78 Å². The number of anilines is 2. The highest BCUT2D eigenvalue weighted by atomic mass is 32.2. The van der Waals surface area contributed by atoms with Crippen molar-refractivity contribution in [3.8, 4) is 0 Å². The van der Waals surface area contributed by atoms with Gasteiger partial charge in [-0.15, -0.1) is 5.10 Å². The fraction of sp³-hybridized carbons (Fsp3) is 0.176. The minimum atomic E-state index is -0.843. The first kappa shape index (κ1) is 16.4. The molecule has 24 heavy (non-hydrogen) atoms. The number of hydrogen-bond acceptors (Lipinski definition) is 4. The van der Waals surface area contributed by atoms with Crippen LogP contribution in [0, 0.1) is 25.5 Å². The predicted octanol–water partition coefficient (Wildman–Crippen LogP) is 4.61. The van der Waals surface area contributed by atoms with Gasteiger partial charge in [-0.3, -0.25) is 0 Å². The summed E-state index contributed by atoms with van der Waals surface area (Å²) in [5.41, 5.74) is 3.89. The van der Waals surface area contributed by atoms with E-state index < -0.39 is 11.6 Å². The van der Waals surface area contributed by atoms with Crippen LogP contribution in [0.4, 0.5) is 20.4 Å².